The van der Waals surface area contributed by atoms with Gasteiger partial charge in [-0.1, -0.05) is 11.6 Å². The molecule has 1 aromatic carbocycles. The highest BCUT2D eigenvalue weighted by Gasteiger charge is 2.23. The van der Waals surface area contributed by atoms with Crippen molar-refractivity contribution in [2.45, 2.75) is 18.9 Å². The fourth-order valence-electron chi connectivity index (χ4n) is 1.78. The van der Waals surface area contributed by atoms with Gasteiger partial charge in [0.15, 0.2) is 5.78 Å². The van der Waals surface area contributed by atoms with E-state index in [1.807, 2.05) is 12.1 Å². The minimum Gasteiger partial charge on any atom is -0.490 e. The van der Waals surface area contributed by atoms with E-state index in [2.05, 4.69) is 4.98 Å². The molecule has 1 fully saturated rings. The Morgan fingerprint density at radius 2 is 1.95 bits per heavy atom. The van der Waals surface area contributed by atoms with E-state index in [0.29, 0.717) is 22.3 Å². The van der Waals surface area contributed by atoms with Crippen LogP contribution in [0.3, 0.4) is 0 Å². The van der Waals surface area contributed by atoms with Gasteiger partial charge in [0.2, 0.25) is 0 Å². The molecule has 3 rings (SSSR count). The van der Waals surface area contributed by atoms with Crippen LogP contribution in [0.25, 0.3) is 0 Å². The molecule has 0 unspecified atom stereocenters. The number of hydrogen-bond donors (Lipinski definition) is 0. The molecule has 0 saturated heterocycles. The molecule has 0 radical (unpaired) electrons. The van der Waals surface area contributed by atoms with Crippen molar-refractivity contribution in [2.75, 3.05) is 0 Å². The quantitative estimate of drug-likeness (QED) is 0.800. The lowest BCUT2D eigenvalue weighted by atomic mass is 10.0. The summed E-state index contributed by atoms with van der Waals surface area (Å²) >= 11 is 5.97. The van der Waals surface area contributed by atoms with E-state index < -0.39 is 0 Å². The van der Waals surface area contributed by atoms with Crippen molar-refractivity contribution in [3.8, 4) is 5.75 Å². The van der Waals surface area contributed by atoms with Crippen LogP contribution in [0.5, 0.6) is 5.75 Å². The standard InChI is InChI=1S/C15H12ClNO2/c16-14-9-17-8-7-13(14)15(18)10-1-3-11(4-2-10)19-12-5-6-12/h1-4,7-9,12H,5-6H2. The molecule has 96 valence electrons. The van der Waals surface area contributed by atoms with Crippen molar-refractivity contribution in [1.29, 1.82) is 0 Å². The van der Waals surface area contributed by atoms with E-state index in [-0.39, 0.29) is 5.78 Å². The third-order valence-corrected chi connectivity index (χ3v) is 3.26. The van der Waals surface area contributed by atoms with Gasteiger partial charge in [-0.25, -0.2) is 0 Å². The summed E-state index contributed by atoms with van der Waals surface area (Å²) in [5.41, 5.74) is 1.06. The van der Waals surface area contributed by atoms with Crippen LogP contribution in [-0.4, -0.2) is 16.9 Å². The molecular formula is C15H12ClNO2. The van der Waals surface area contributed by atoms with Crippen molar-refractivity contribution < 1.29 is 9.53 Å². The van der Waals surface area contributed by atoms with E-state index in [4.69, 9.17) is 16.3 Å². The number of aromatic nitrogens is 1. The van der Waals surface area contributed by atoms with E-state index in [0.717, 1.165) is 18.6 Å². The number of hydrogen-bond acceptors (Lipinski definition) is 3. The Bertz CT molecular complexity index is 606. The Morgan fingerprint density at radius 1 is 1.21 bits per heavy atom. The van der Waals surface area contributed by atoms with E-state index in [9.17, 15) is 4.79 Å². The van der Waals surface area contributed by atoms with Crippen molar-refractivity contribution >= 4 is 17.4 Å². The molecule has 3 nitrogen and oxygen atoms in total. The molecule has 0 N–H and O–H groups in total. The van der Waals surface area contributed by atoms with Gasteiger partial charge in [0, 0.05) is 23.5 Å². The lowest BCUT2D eigenvalue weighted by molar-refractivity contribution is 0.103. The second-order valence-corrected chi connectivity index (χ2v) is 4.93. The first-order valence-corrected chi connectivity index (χ1v) is 6.53. The Kier molecular flexibility index (Phi) is 3.22. The SMILES string of the molecule is O=C(c1ccc(OC2CC2)cc1)c1ccncc1Cl. The summed E-state index contributed by atoms with van der Waals surface area (Å²) in [5, 5.41) is 0.366. The lowest BCUT2D eigenvalue weighted by Crippen LogP contribution is -2.03. The molecule has 2 aromatic rings. The molecule has 1 heterocycles. The van der Waals surface area contributed by atoms with Crippen LogP contribution in [-0.2, 0) is 0 Å². The zero-order valence-electron chi connectivity index (χ0n) is 10.2. The summed E-state index contributed by atoms with van der Waals surface area (Å²) in [5.74, 6) is 0.699. The molecule has 0 amide bonds. The number of carbonyl (C=O) groups is 1. The molecule has 4 heteroatoms. The smallest absolute Gasteiger partial charge is 0.194 e. The number of halogens is 1. The zero-order valence-corrected chi connectivity index (χ0v) is 10.9. The normalized spacial score (nSPS) is 14.2. The topological polar surface area (TPSA) is 39.2 Å². The largest absolute Gasteiger partial charge is 0.490 e. The highest BCUT2D eigenvalue weighted by atomic mass is 35.5. The van der Waals surface area contributed by atoms with Crippen molar-refractivity contribution in [2.24, 2.45) is 0 Å². The average molecular weight is 274 g/mol. The number of benzene rings is 1. The maximum atomic E-state index is 12.3. The first-order chi connectivity index (χ1) is 9.24. The van der Waals surface area contributed by atoms with Gasteiger partial charge in [0.05, 0.1) is 11.1 Å². The molecular weight excluding hydrogens is 262 g/mol. The Hall–Kier alpha value is -1.87. The van der Waals surface area contributed by atoms with E-state index in [1.54, 1.807) is 24.4 Å². The predicted molar refractivity (Wildman–Crippen MR) is 72.8 cm³/mol. The first kappa shape index (κ1) is 12.2. The predicted octanol–water partition coefficient (Wildman–Crippen LogP) is 3.51. The summed E-state index contributed by atoms with van der Waals surface area (Å²) < 4.78 is 5.64. The van der Waals surface area contributed by atoms with Gasteiger partial charge < -0.3 is 4.74 Å². The molecule has 1 aliphatic rings. The molecule has 1 saturated carbocycles. The maximum absolute atomic E-state index is 12.3. The van der Waals surface area contributed by atoms with Gasteiger partial charge in [-0.15, -0.1) is 0 Å². The van der Waals surface area contributed by atoms with Gasteiger partial charge in [-0.3, -0.25) is 9.78 Å². The maximum Gasteiger partial charge on any atom is 0.194 e. The van der Waals surface area contributed by atoms with Crippen LogP contribution in [0, 0.1) is 0 Å². The number of ketones is 1. The fraction of sp³-hybridized carbons (Fsp3) is 0.200. The molecule has 1 aliphatic carbocycles. The Morgan fingerprint density at radius 3 is 2.58 bits per heavy atom. The molecule has 19 heavy (non-hydrogen) atoms. The minimum atomic E-state index is -0.106. The zero-order chi connectivity index (χ0) is 13.2. The van der Waals surface area contributed by atoms with Crippen molar-refractivity contribution in [1.82, 2.24) is 4.98 Å². The van der Waals surface area contributed by atoms with Crippen LogP contribution in [0.2, 0.25) is 5.02 Å². The van der Waals surface area contributed by atoms with Gasteiger partial charge in [-0.2, -0.15) is 0 Å². The van der Waals surface area contributed by atoms with Crippen LogP contribution >= 0.6 is 11.6 Å². The Balaban J connectivity index is 1.81. The second kappa shape index (κ2) is 5.02. The summed E-state index contributed by atoms with van der Waals surface area (Å²) in [4.78, 5) is 16.1. The molecule has 0 aliphatic heterocycles. The molecule has 1 aromatic heterocycles. The molecule has 0 bridgehead atoms. The van der Waals surface area contributed by atoms with Gasteiger partial charge in [-0.05, 0) is 43.2 Å². The molecule has 0 spiro atoms. The third kappa shape index (κ3) is 2.76. The van der Waals surface area contributed by atoms with Crippen LogP contribution in [0.15, 0.2) is 42.7 Å². The van der Waals surface area contributed by atoms with Gasteiger partial charge in [0.25, 0.3) is 0 Å². The number of rotatable bonds is 4. The minimum absolute atomic E-state index is 0.106. The summed E-state index contributed by atoms with van der Waals surface area (Å²) in [6, 6.07) is 8.79. The fourth-order valence-corrected chi connectivity index (χ4v) is 1.98. The Labute approximate surface area is 116 Å². The van der Waals surface area contributed by atoms with Gasteiger partial charge in [0.1, 0.15) is 5.75 Å². The van der Waals surface area contributed by atoms with Crippen molar-refractivity contribution in [3.63, 3.8) is 0 Å². The summed E-state index contributed by atoms with van der Waals surface area (Å²) in [6.45, 7) is 0. The third-order valence-electron chi connectivity index (χ3n) is 2.96. The van der Waals surface area contributed by atoms with E-state index in [1.165, 1.54) is 6.20 Å². The van der Waals surface area contributed by atoms with Crippen LogP contribution in [0.4, 0.5) is 0 Å². The monoisotopic (exact) mass is 273 g/mol. The average Bonchev–Trinajstić information content (AvgIpc) is 3.23. The number of pyridine rings is 1. The summed E-state index contributed by atoms with van der Waals surface area (Å²) in [7, 11) is 0. The second-order valence-electron chi connectivity index (χ2n) is 4.53. The first-order valence-electron chi connectivity index (χ1n) is 6.15. The van der Waals surface area contributed by atoms with Crippen LogP contribution in [0.1, 0.15) is 28.8 Å². The van der Waals surface area contributed by atoms with Crippen molar-refractivity contribution in [3.05, 3.63) is 58.9 Å². The number of carbonyl (C=O) groups excluding carboxylic acids is 1. The number of nitrogens with zero attached hydrogens (tertiary/aromatic N) is 1. The van der Waals surface area contributed by atoms with Gasteiger partial charge >= 0.3 is 0 Å². The highest BCUT2D eigenvalue weighted by Crippen LogP contribution is 2.27. The molecule has 0 atom stereocenters. The highest BCUT2D eigenvalue weighted by molar-refractivity contribution is 6.34. The lowest BCUT2D eigenvalue weighted by Gasteiger charge is -2.06. The number of ether oxygens (including phenoxy) is 1. The van der Waals surface area contributed by atoms with Crippen LogP contribution < -0.4 is 4.74 Å². The summed E-state index contributed by atoms with van der Waals surface area (Å²) in [6.07, 6.45) is 5.63. The van der Waals surface area contributed by atoms with E-state index >= 15 is 0 Å².